The van der Waals surface area contributed by atoms with Gasteiger partial charge < -0.3 is 5.32 Å². The minimum absolute atomic E-state index is 0.756. The van der Waals surface area contributed by atoms with Crippen LogP contribution in [0.4, 0.5) is 5.69 Å². The smallest absolute Gasteiger partial charge is 0.0543 e. The first kappa shape index (κ1) is 13.8. The maximum Gasteiger partial charge on any atom is 0.0543 e. The Kier molecular flexibility index (Phi) is 5.19. The summed E-state index contributed by atoms with van der Waals surface area (Å²) >= 11 is 5.93. The molecule has 0 atom stereocenters. The van der Waals surface area contributed by atoms with Gasteiger partial charge in [0.1, 0.15) is 0 Å². The third kappa shape index (κ3) is 4.89. The van der Waals surface area contributed by atoms with Crippen molar-refractivity contribution in [2.75, 3.05) is 25.5 Å². The maximum atomic E-state index is 5.93. The van der Waals surface area contributed by atoms with Crippen LogP contribution in [-0.4, -0.2) is 30.0 Å². The Morgan fingerprint density at radius 1 is 1.21 bits per heavy atom. The molecule has 0 aliphatic rings. The Morgan fingerprint density at radius 2 is 2.11 bits per heavy atom. The molecular weight excluding hydrogens is 258 g/mol. The molecule has 0 aliphatic carbocycles. The van der Waals surface area contributed by atoms with Crippen molar-refractivity contribution in [2.45, 2.75) is 6.54 Å². The molecule has 0 aliphatic heterocycles. The van der Waals surface area contributed by atoms with E-state index in [1.54, 1.807) is 0 Å². The second kappa shape index (κ2) is 7.12. The predicted octanol–water partition coefficient (Wildman–Crippen LogP) is 3.28. The van der Waals surface area contributed by atoms with Crippen LogP contribution in [0.3, 0.4) is 0 Å². The Labute approximate surface area is 119 Å². The SMILES string of the molecule is CN(CCNc1cccc(Cl)c1)Cc1ccccn1. The molecule has 3 nitrogen and oxygen atoms in total. The number of nitrogens with one attached hydrogen (secondary N) is 1. The van der Waals surface area contributed by atoms with E-state index in [-0.39, 0.29) is 0 Å². The molecule has 4 heteroatoms. The van der Waals surface area contributed by atoms with Crippen LogP contribution < -0.4 is 5.32 Å². The van der Waals surface area contributed by atoms with E-state index in [0.29, 0.717) is 0 Å². The van der Waals surface area contributed by atoms with Crippen LogP contribution in [-0.2, 0) is 6.54 Å². The summed E-state index contributed by atoms with van der Waals surface area (Å²) in [6, 6.07) is 13.8. The van der Waals surface area contributed by atoms with Gasteiger partial charge in [-0.15, -0.1) is 0 Å². The second-order valence-electron chi connectivity index (χ2n) is 4.50. The highest BCUT2D eigenvalue weighted by Gasteiger charge is 2.00. The molecule has 0 fully saturated rings. The Hall–Kier alpha value is -1.58. The van der Waals surface area contributed by atoms with Crippen LogP contribution in [0.1, 0.15) is 5.69 Å². The lowest BCUT2D eigenvalue weighted by molar-refractivity contribution is 0.336. The van der Waals surface area contributed by atoms with Crippen molar-refractivity contribution in [1.82, 2.24) is 9.88 Å². The van der Waals surface area contributed by atoms with Crippen LogP contribution in [0, 0.1) is 0 Å². The van der Waals surface area contributed by atoms with Crippen LogP contribution >= 0.6 is 11.6 Å². The number of anilines is 1. The third-order valence-corrected chi connectivity index (χ3v) is 3.04. The molecular formula is C15H18ClN3. The normalized spacial score (nSPS) is 10.7. The molecule has 0 spiro atoms. The van der Waals surface area contributed by atoms with E-state index in [4.69, 9.17) is 11.6 Å². The van der Waals surface area contributed by atoms with Crippen molar-refractivity contribution in [2.24, 2.45) is 0 Å². The molecule has 19 heavy (non-hydrogen) atoms. The van der Waals surface area contributed by atoms with Gasteiger partial charge in [-0.05, 0) is 37.4 Å². The van der Waals surface area contributed by atoms with Crippen LogP contribution in [0.15, 0.2) is 48.7 Å². The quantitative estimate of drug-likeness (QED) is 0.877. The van der Waals surface area contributed by atoms with E-state index >= 15 is 0 Å². The van der Waals surface area contributed by atoms with E-state index in [9.17, 15) is 0 Å². The van der Waals surface area contributed by atoms with Crippen LogP contribution in [0.2, 0.25) is 5.02 Å². The molecule has 100 valence electrons. The fourth-order valence-electron chi connectivity index (χ4n) is 1.84. The third-order valence-electron chi connectivity index (χ3n) is 2.81. The van der Waals surface area contributed by atoms with Gasteiger partial charge in [0.2, 0.25) is 0 Å². The number of likely N-dealkylation sites (N-methyl/N-ethyl adjacent to an activating group) is 1. The lowest BCUT2D eigenvalue weighted by atomic mass is 10.3. The van der Waals surface area contributed by atoms with Gasteiger partial charge in [-0.1, -0.05) is 23.7 Å². The molecule has 1 heterocycles. The zero-order valence-corrected chi connectivity index (χ0v) is 11.8. The summed E-state index contributed by atoms with van der Waals surface area (Å²) in [6.07, 6.45) is 1.83. The fraction of sp³-hybridized carbons (Fsp3) is 0.267. The molecule has 0 unspecified atom stereocenters. The second-order valence-corrected chi connectivity index (χ2v) is 4.93. The van der Waals surface area contributed by atoms with E-state index in [0.717, 1.165) is 36.0 Å². The Balaban J connectivity index is 1.73. The molecule has 0 bridgehead atoms. The number of hydrogen-bond donors (Lipinski definition) is 1. The standard InChI is InChI=1S/C15H18ClN3/c1-19(12-15-6-2-3-8-17-15)10-9-18-14-7-4-5-13(16)11-14/h2-8,11,18H,9-10,12H2,1H3. The van der Waals surface area contributed by atoms with Gasteiger partial charge in [0, 0.05) is 36.5 Å². The van der Waals surface area contributed by atoms with Crippen molar-refractivity contribution in [3.8, 4) is 0 Å². The molecule has 2 rings (SSSR count). The van der Waals surface area contributed by atoms with Crippen molar-refractivity contribution < 1.29 is 0 Å². The van der Waals surface area contributed by atoms with Crippen molar-refractivity contribution in [3.05, 3.63) is 59.4 Å². The summed E-state index contributed by atoms with van der Waals surface area (Å²) < 4.78 is 0. The average Bonchev–Trinajstić information content (AvgIpc) is 2.40. The summed E-state index contributed by atoms with van der Waals surface area (Å²) in [4.78, 5) is 6.55. The highest BCUT2D eigenvalue weighted by molar-refractivity contribution is 6.30. The Bertz CT molecular complexity index is 502. The Morgan fingerprint density at radius 3 is 2.84 bits per heavy atom. The molecule has 1 N–H and O–H groups in total. The number of halogens is 1. The lowest BCUT2D eigenvalue weighted by Crippen LogP contribution is -2.25. The number of hydrogen-bond acceptors (Lipinski definition) is 3. The summed E-state index contributed by atoms with van der Waals surface area (Å²) in [5, 5.41) is 4.11. The number of aromatic nitrogens is 1. The minimum atomic E-state index is 0.756. The number of pyridine rings is 1. The molecule has 0 amide bonds. The van der Waals surface area contributed by atoms with Gasteiger partial charge in [0.15, 0.2) is 0 Å². The summed E-state index contributed by atoms with van der Waals surface area (Å²) in [5.74, 6) is 0. The van der Waals surface area contributed by atoms with Crippen molar-refractivity contribution in [3.63, 3.8) is 0 Å². The minimum Gasteiger partial charge on any atom is -0.384 e. The highest BCUT2D eigenvalue weighted by Crippen LogP contribution is 2.14. The average molecular weight is 276 g/mol. The van der Waals surface area contributed by atoms with Gasteiger partial charge in [-0.25, -0.2) is 0 Å². The maximum absolute atomic E-state index is 5.93. The van der Waals surface area contributed by atoms with Crippen LogP contribution in [0.25, 0.3) is 0 Å². The molecule has 1 aromatic heterocycles. The number of rotatable bonds is 6. The zero-order chi connectivity index (χ0) is 13.5. The molecule has 1 aromatic carbocycles. The van der Waals surface area contributed by atoms with E-state index < -0.39 is 0 Å². The predicted molar refractivity (Wildman–Crippen MR) is 80.5 cm³/mol. The highest BCUT2D eigenvalue weighted by atomic mass is 35.5. The van der Waals surface area contributed by atoms with E-state index in [2.05, 4.69) is 22.2 Å². The van der Waals surface area contributed by atoms with Gasteiger partial charge in [0.05, 0.1) is 5.69 Å². The summed E-state index contributed by atoms with van der Waals surface area (Å²) in [5.41, 5.74) is 2.14. The summed E-state index contributed by atoms with van der Waals surface area (Å²) in [6.45, 7) is 2.69. The monoisotopic (exact) mass is 275 g/mol. The topological polar surface area (TPSA) is 28.2 Å². The molecule has 0 saturated heterocycles. The fourth-order valence-corrected chi connectivity index (χ4v) is 2.03. The van der Waals surface area contributed by atoms with Crippen LogP contribution in [0.5, 0.6) is 0 Å². The van der Waals surface area contributed by atoms with Gasteiger partial charge in [-0.3, -0.25) is 9.88 Å². The number of nitrogens with zero attached hydrogens (tertiary/aromatic N) is 2. The lowest BCUT2D eigenvalue weighted by Gasteiger charge is -2.16. The first-order chi connectivity index (χ1) is 9.24. The summed E-state index contributed by atoms with van der Waals surface area (Å²) in [7, 11) is 2.09. The first-order valence-corrected chi connectivity index (χ1v) is 6.70. The van der Waals surface area contributed by atoms with Crippen molar-refractivity contribution in [1.29, 1.82) is 0 Å². The first-order valence-electron chi connectivity index (χ1n) is 6.32. The van der Waals surface area contributed by atoms with Gasteiger partial charge >= 0.3 is 0 Å². The van der Waals surface area contributed by atoms with Gasteiger partial charge in [0.25, 0.3) is 0 Å². The number of benzene rings is 1. The largest absolute Gasteiger partial charge is 0.384 e. The molecule has 0 saturated carbocycles. The van der Waals surface area contributed by atoms with Gasteiger partial charge in [-0.2, -0.15) is 0 Å². The van der Waals surface area contributed by atoms with E-state index in [1.165, 1.54) is 0 Å². The van der Waals surface area contributed by atoms with E-state index in [1.807, 2.05) is 48.7 Å². The molecule has 2 aromatic rings. The van der Waals surface area contributed by atoms with Crippen molar-refractivity contribution >= 4 is 17.3 Å². The molecule has 0 radical (unpaired) electrons. The zero-order valence-electron chi connectivity index (χ0n) is 11.0.